The first kappa shape index (κ1) is 19.7. The Labute approximate surface area is 155 Å². The zero-order valence-electron chi connectivity index (χ0n) is 15.7. The zero-order valence-corrected chi connectivity index (χ0v) is 15.7. The highest BCUT2D eigenvalue weighted by Gasteiger charge is 2.10. The summed E-state index contributed by atoms with van der Waals surface area (Å²) in [5, 5.41) is 5.60. The van der Waals surface area contributed by atoms with Crippen LogP contribution in [0.15, 0.2) is 54.6 Å². The molecule has 2 rings (SSSR count). The van der Waals surface area contributed by atoms with Gasteiger partial charge in [0, 0.05) is 25.7 Å². The second kappa shape index (κ2) is 9.73. The Morgan fingerprint density at radius 2 is 1.69 bits per heavy atom. The van der Waals surface area contributed by atoms with E-state index in [0.717, 1.165) is 5.56 Å². The number of nitrogens with zero attached hydrogens (tertiary/aromatic N) is 1. The number of hydrogen-bond donors (Lipinski definition) is 2. The van der Waals surface area contributed by atoms with E-state index in [4.69, 9.17) is 0 Å². The monoisotopic (exact) mass is 353 g/mol. The minimum atomic E-state index is -0.100. The molecule has 0 aliphatic rings. The first-order valence-electron chi connectivity index (χ1n) is 8.80. The smallest absolute Gasteiger partial charge is 0.251 e. The summed E-state index contributed by atoms with van der Waals surface area (Å²) < 4.78 is 0. The number of likely N-dealkylation sites (N-methyl/N-ethyl adjacent to an activating group) is 1. The minimum absolute atomic E-state index is 0.0114. The van der Waals surface area contributed by atoms with Gasteiger partial charge in [0.1, 0.15) is 0 Å². The highest BCUT2D eigenvalue weighted by atomic mass is 16.2. The van der Waals surface area contributed by atoms with Gasteiger partial charge in [-0.05, 0) is 36.2 Å². The molecule has 0 saturated heterocycles. The molecule has 2 amide bonds. The van der Waals surface area contributed by atoms with Gasteiger partial charge in [-0.2, -0.15) is 0 Å². The summed E-state index contributed by atoms with van der Waals surface area (Å²) >= 11 is 0. The van der Waals surface area contributed by atoms with Crippen LogP contribution < -0.4 is 10.6 Å². The van der Waals surface area contributed by atoms with Gasteiger partial charge in [0.15, 0.2) is 0 Å². The molecular formula is C21H27N3O2. The SMILES string of the molecule is CNC(=O)c1ccc(CN(C)CC(=O)NC[C@H](C)c2ccccc2)cc1. The summed E-state index contributed by atoms with van der Waals surface area (Å²) in [6, 6.07) is 17.6. The van der Waals surface area contributed by atoms with Crippen LogP contribution in [-0.4, -0.2) is 43.9 Å². The number of hydrogen-bond acceptors (Lipinski definition) is 3. The molecule has 0 saturated carbocycles. The lowest BCUT2D eigenvalue weighted by molar-refractivity contribution is -0.122. The highest BCUT2D eigenvalue weighted by molar-refractivity contribution is 5.93. The van der Waals surface area contributed by atoms with Crippen LogP contribution in [0.3, 0.4) is 0 Å². The average Bonchev–Trinajstić information content (AvgIpc) is 2.66. The van der Waals surface area contributed by atoms with Crippen LogP contribution in [-0.2, 0) is 11.3 Å². The maximum Gasteiger partial charge on any atom is 0.251 e. The molecule has 2 aromatic rings. The molecule has 1 atom stereocenters. The third-order valence-electron chi connectivity index (χ3n) is 4.28. The van der Waals surface area contributed by atoms with E-state index in [9.17, 15) is 9.59 Å². The van der Waals surface area contributed by atoms with E-state index in [-0.39, 0.29) is 17.7 Å². The van der Waals surface area contributed by atoms with E-state index in [0.29, 0.717) is 25.2 Å². The van der Waals surface area contributed by atoms with E-state index in [1.165, 1.54) is 5.56 Å². The van der Waals surface area contributed by atoms with Crippen molar-refractivity contribution in [1.82, 2.24) is 15.5 Å². The maximum atomic E-state index is 12.2. The van der Waals surface area contributed by atoms with Crippen molar-refractivity contribution in [2.75, 3.05) is 27.2 Å². The summed E-state index contributed by atoms with van der Waals surface area (Å²) in [5.74, 6) is 0.191. The fraction of sp³-hybridized carbons (Fsp3) is 0.333. The predicted molar refractivity (Wildman–Crippen MR) is 104 cm³/mol. The van der Waals surface area contributed by atoms with Crippen molar-refractivity contribution in [2.24, 2.45) is 0 Å². The van der Waals surface area contributed by atoms with Gasteiger partial charge in [-0.25, -0.2) is 0 Å². The van der Waals surface area contributed by atoms with E-state index in [1.54, 1.807) is 19.2 Å². The van der Waals surface area contributed by atoms with Gasteiger partial charge in [-0.15, -0.1) is 0 Å². The minimum Gasteiger partial charge on any atom is -0.355 e. The van der Waals surface area contributed by atoms with Crippen LogP contribution >= 0.6 is 0 Å². The molecular weight excluding hydrogens is 326 g/mol. The van der Waals surface area contributed by atoms with Crippen molar-refractivity contribution in [3.05, 3.63) is 71.3 Å². The number of rotatable bonds is 8. The van der Waals surface area contributed by atoms with Crippen LogP contribution in [0.1, 0.15) is 34.3 Å². The topological polar surface area (TPSA) is 61.4 Å². The molecule has 0 spiro atoms. The van der Waals surface area contributed by atoms with E-state index >= 15 is 0 Å². The van der Waals surface area contributed by atoms with Crippen molar-refractivity contribution >= 4 is 11.8 Å². The maximum absolute atomic E-state index is 12.2. The second-order valence-corrected chi connectivity index (χ2v) is 6.56. The molecule has 0 unspecified atom stereocenters. The van der Waals surface area contributed by atoms with Crippen LogP contribution in [0.5, 0.6) is 0 Å². The predicted octanol–water partition coefficient (Wildman–Crippen LogP) is 2.40. The van der Waals surface area contributed by atoms with Crippen LogP contribution in [0, 0.1) is 0 Å². The molecule has 5 heteroatoms. The molecule has 0 aliphatic carbocycles. The van der Waals surface area contributed by atoms with Crippen LogP contribution in [0.2, 0.25) is 0 Å². The summed E-state index contributed by atoms with van der Waals surface area (Å²) in [6.45, 7) is 3.71. The largest absolute Gasteiger partial charge is 0.355 e. The number of nitrogens with one attached hydrogen (secondary N) is 2. The first-order valence-corrected chi connectivity index (χ1v) is 8.80. The highest BCUT2D eigenvalue weighted by Crippen LogP contribution is 2.13. The Kier molecular flexibility index (Phi) is 7.36. The summed E-state index contributed by atoms with van der Waals surface area (Å²) in [5.41, 5.74) is 2.91. The molecule has 0 radical (unpaired) electrons. The van der Waals surface area contributed by atoms with Crippen LogP contribution in [0.25, 0.3) is 0 Å². The molecule has 0 fully saturated rings. The Morgan fingerprint density at radius 1 is 1.04 bits per heavy atom. The third kappa shape index (κ3) is 6.01. The van der Waals surface area contributed by atoms with Gasteiger partial charge in [0.2, 0.25) is 5.91 Å². The molecule has 0 heterocycles. The van der Waals surface area contributed by atoms with E-state index < -0.39 is 0 Å². The molecule has 26 heavy (non-hydrogen) atoms. The quantitative estimate of drug-likeness (QED) is 0.766. The Balaban J connectivity index is 1.77. The lowest BCUT2D eigenvalue weighted by Crippen LogP contribution is -2.36. The molecule has 2 aromatic carbocycles. The van der Waals surface area contributed by atoms with Crippen molar-refractivity contribution < 1.29 is 9.59 Å². The van der Waals surface area contributed by atoms with Gasteiger partial charge in [0.05, 0.1) is 6.54 Å². The van der Waals surface area contributed by atoms with Crippen molar-refractivity contribution in [3.63, 3.8) is 0 Å². The molecule has 0 bridgehead atoms. The van der Waals surface area contributed by atoms with E-state index in [1.807, 2.05) is 42.3 Å². The Hall–Kier alpha value is -2.66. The van der Waals surface area contributed by atoms with Gasteiger partial charge in [0.25, 0.3) is 5.91 Å². The normalized spacial score (nSPS) is 11.8. The Bertz CT molecular complexity index is 714. The molecule has 2 N–H and O–H groups in total. The van der Waals surface area contributed by atoms with Gasteiger partial charge in [-0.1, -0.05) is 49.4 Å². The van der Waals surface area contributed by atoms with Crippen molar-refractivity contribution in [3.8, 4) is 0 Å². The summed E-state index contributed by atoms with van der Waals surface area (Å²) in [4.78, 5) is 25.7. The van der Waals surface area contributed by atoms with Gasteiger partial charge in [-0.3, -0.25) is 14.5 Å². The molecule has 138 valence electrons. The van der Waals surface area contributed by atoms with Crippen molar-refractivity contribution in [2.45, 2.75) is 19.4 Å². The standard InChI is InChI=1S/C21H27N3O2/c1-16(18-7-5-4-6-8-18)13-23-20(25)15-24(3)14-17-9-11-19(12-10-17)21(26)22-2/h4-12,16H,13-15H2,1-3H3,(H,22,26)(H,23,25)/t16-/m0/s1. The summed E-state index contributed by atoms with van der Waals surface area (Å²) in [6.07, 6.45) is 0. The fourth-order valence-electron chi connectivity index (χ4n) is 2.74. The molecule has 0 aliphatic heterocycles. The van der Waals surface area contributed by atoms with Gasteiger partial charge >= 0.3 is 0 Å². The van der Waals surface area contributed by atoms with Crippen LogP contribution in [0.4, 0.5) is 0 Å². The van der Waals surface area contributed by atoms with Gasteiger partial charge < -0.3 is 10.6 Å². The number of carbonyl (C=O) groups excluding carboxylic acids is 2. The Morgan fingerprint density at radius 3 is 2.31 bits per heavy atom. The lowest BCUT2D eigenvalue weighted by atomic mass is 10.0. The summed E-state index contributed by atoms with van der Waals surface area (Å²) in [7, 11) is 3.52. The fourth-order valence-corrected chi connectivity index (χ4v) is 2.74. The molecule has 5 nitrogen and oxygen atoms in total. The number of carbonyl (C=O) groups is 2. The average molecular weight is 353 g/mol. The third-order valence-corrected chi connectivity index (χ3v) is 4.28. The first-order chi connectivity index (χ1) is 12.5. The van der Waals surface area contributed by atoms with Crippen molar-refractivity contribution in [1.29, 1.82) is 0 Å². The molecule has 0 aromatic heterocycles. The second-order valence-electron chi connectivity index (χ2n) is 6.56. The number of amides is 2. The van der Waals surface area contributed by atoms with E-state index in [2.05, 4.69) is 29.7 Å². The zero-order chi connectivity index (χ0) is 18.9. The lowest BCUT2D eigenvalue weighted by Gasteiger charge is -2.18. The number of benzene rings is 2.